The van der Waals surface area contributed by atoms with E-state index in [1.165, 1.54) is 6.20 Å². The maximum Gasteiger partial charge on any atom is 0.384 e. The molecule has 9 heteroatoms. The van der Waals surface area contributed by atoms with Gasteiger partial charge in [-0.1, -0.05) is 42.0 Å². The van der Waals surface area contributed by atoms with Crippen LogP contribution in [0.3, 0.4) is 0 Å². The average Bonchev–Trinajstić information content (AvgIpc) is 2.89. The topological polar surface area (TPSA) is 95.9 Å². The van der Waals surface area contributed by atoms with Gasteiger partial charge in [0.1, 0.15) is 10.3 Å². The van der Waals surface area contributed by atoms with E-state index in [9.17, 15) is 4.79 Å². The van der Waals surface area contributed by atoms with Crippen molar-refractivity contribution in [1.82, 2.24) is 9.89 Å². The van der Waals surface area contributed by atoms with Crippen LogP contribution in [-0.2, 0) is 0 Å². The van der Waals surface area contributed by atoms with Gasteiger partial charge in [-0.25, -0.2) is 9.95 Å². The lowest BCUT2D eigenvalue weighted by Crippen LogP contribution is -1.89. The maximum atomic E-state index is 11.2. The van der Waals surface area contributed by atoms with Gasteiger partial charge in [0.2, 0.25) is 0 Å². The largest absolute Gasteiger partial charge is 0.428 e. The van der Waals surface area contributed by atoms with Crippen molar-refractivity contribution in [1.29, 1.82) is 0 Å². The molecule has 0 fully saturated rings. The monoisotopic (exact) mass is 364 g/mol. The summed E-state index contributed by atoms with van der Waals surface area (Å²) in [5.41, 5.74) is 0.637. The molecule has 2 heterocycles. The lowest BCUT2D eigenvalue weighted by molar-refractivity contribution is 0.180. The van der Waals surface area contributed by atoms with Crippen LogP contribution >= 0.6 is 23.8 Å². The molecule has 0 unspecified atom stereocenters. The highest BCUT2D eigenvalue weighted by molar-refractivity contribution is 7.71. The molecule has 0 aliphatic heterocycles. The third-order valence-corrected chi connectivity index (χ3v) is 3.40. The molecular weight excluding hydrogens is 352 g/mol. The fourth-order valence-electron chi connectivity index (χ4n) is 1.54. The molecule has 0 atom stereocenters. The van der Waals surface area contributed by atoms with Crippen LogP contribution in [0.5, 0.6) is 0 Å². The first kappa shape index (κ1) is 17.6. The molecule has 0 saturated heterocycles. The number of aryl methyl sites for hydroxylation is 1. The van der Waals surface area contributed by atoms with Gasteiger partial charge in [0.15, 0.2) is 5.69 Å². The minimum absolute atomic E-state index is 0.153. The Morgan fingerprint density at radius 2 is 1.92 bits per heavy atom. The van der Waals surface area contributed by atoms with Crippen LogP contribution in [0.1, 0.15) is 5.69 Å². The molecule has 3 rings (SSSR count). The van der Waals surface area contributed by atoms with Crippen LogP contribution in [0.25, 0.3) is 0 Å². The highest BCUT2D eigenvalue weighted by Crippen LogP contribution is 2.25. The van der Waals surface area contributed by atoms with Crippen molar-refractivity contribution in [2.75, 3.05) is 0 Å². The fraction of sp³-hybridized carbons (Fsp3) is 0.0667. The molecule has 0 spiro atoms. The van der Waals surface area contributed by atoms with Crippen molar-refractivity contribution in [3.63, 3.8) is 0 Å². The first-order valence-corrected chi connectivity index (χ1v) is 7.49. The molecule has 124 valence electrons. The Hall–Kier alpha value is -2.71. The molecule has 0 aliphatic rings. The number of aromatic nitrogens is 2. The number of rotatable bonds is 2. The van der Waals surface area contributed by atoms with E-state index in [2.05, 4.69) is 32.1 Å². The minimum Gasteiger partial charge on any atom is -0.428 e. The molecule has 2 N–H and O–H groups in total. The Balaban J connectivity index is 0.000000219. The van der Waals surface area contributed by atoms with Gasteiger partial charge in [-0.15, -0.1) is 10.2 Å². The normalized spacial score (nSPS) is 10.4. The maximum absolute atomic E-state index is 11.2. The second-order valence-electron chi connectivity index (χ2n) is 4.50. The number of hydrogen-bond acceptors (Lipinski definition) is 6. The van der Waals surface area contributed by atoms with E-state index in [1.807, 2.05) is 0 Å². The van der Waals surface area contributed by atoms with Crippen molar-refractivity contribution in [2.24, 2.45) is 10.2 Å². The third-order valence-electron chi connectivity index (χ3n) is 2.76. The predicted molar refractivity (Wildman–Crippen MR) is 92.1 cm³/mol. The van der Waals surface area contributed by atoms with E-state index in [4.69, 9.17) is 16.8 Å². The standard InChI is InChI=1S/C10H8ClN3O2.C5H5NOS/c1-6-9(10(15)16-14-6)13-12-8-5-3-2-4-7(8)11;7-6-4-2-1-3-5(6)8/h2-5,14H,1H3;1-4,7H. The van der Waals surface area contributed by atoms with Gasteiger partial charge in [-0.3, -0.25) is 0 Å². The van der Waals surface area contributed by atoms with Crippen molar-refractivity contribution in [2.45, 2.75) is 6.92 Å². The van der Waals surface area contributed by atoms with E-state index < -0.39 is 5.63 Å². The van der Waals surface area contributed by atoms with Crippen LogP contribution < -0.4 is 5.63 Å². The first-order chi connectivity index (χ1) is 11.5. The lowest BCUT2D eigenvalue weighted by Gasteiger charge is -1.93. The summed E-state index contributed by atoms with van der Waals surface area (Å²) in [6, 6.07) is 12.1. The van der Waals surface area contributed by atoms with E-state index in [-0.39, 0.29) is 5.69 Å². The summed E-state index contributed by atoms with van der Waals surface area (Å²) in [6.45, 7) is 1.67. The molecule has 0 saturated carbocycles. The zero-order valence-electron chi connectivity index (χ0n) is 12.5. The van der Waals surface area contributed by atoms with Crippen LogP contribution in [0.15, 0.2) is 68.2 Å². The zero-order valence-corrected chi connectivity index (χ0v) is 14.1. The number of benzene rings is 1. The van der Waals surface area contributed by atoms with Crippen LogP contribution in [0.2, 0.25) is 5.02 Å². The SMILES string of the molecule is Cc1[nH]oc(=O)c1N=Nc1ccccc1Cl.On1ccccc1=S. The number of halogens is 1. The summed E-state index contributed by atoms with van der Waals surface area (Å²) in [5, 5.41) is 19.3. The fourth-order valence-corrected chi connectivity index (χ4v) is 1.86. The summed E-state index contributed by atoms with van der Waals surface area (Å²) in [4.78, 5) is 11.2. The third kappa shape index (κ3) is 4.64. The van der Waals surface area contributed by atoms with Crippen molar-refractivity contribution < 1.29 is 9.73 Å². The predicted octanol–water partition coefficient (Wildman–Crippen LogP) is 4.80. The van der Waals surface area contributed by atoms with Gasteiger partial charge >= 0.3 is 5.63 Å². The number of aromatic amines is 1. The smallest absolute Gasteiger partial charge is 0.384 e. The van der Waals surface area contributed by atoms with Crippen LogP contribution in [0, 0.1) is 11.6 Å². The minimum atomic E-state index is -0.548. The van der Waals surface area contributed by atoms with Gasteiger partial charge < -0.3 is 9.73 Å². The van der Waals surface area contributed by atoms with Crippen LogP contribution in [-0.4, -0.2) is 15.1 Å². The molecule has 0 bridgehead atoms. The Kier molecular flexibility index (Phi) is 6.05. The second kappa shape index (κ2) is 8.23. The molecule has 0 amide bonds. The number of pyridine rings is 1. The van der Waals surface area contributed by atoms with E-state index >= 15 is 0 Å². The van der Waals surface area contributed by atoms with Gasteiger partial charge in [-0.05, 0) is 31.2 Å². The van der Waals surface area contributed by atoms with Gasteiger partial charge in [-0.2, -0.15) is 4.73 Å². The molecule has 3 aromatic rings. The summed E-state index contributed by atoms with van der Waals surface area (Å²) in [5.74, 6) is 0. The summed E-state index contributed by atoms with van der Waals surface area (Å²) < 4.78 is 5.87. The lowest BCUT2D eigenvalue weighted by atomic mass is 10.3. The number of H-pyrrole nitrogens is 1. The zero-order chi connectivity index (χ0) is 17.5. The summed E-state index contributed by atoms with van der Waals surface area (Å²) in [6.07, 6.45) is 1.49. The second-order valence-corrected chi connectivity index (χ2v) is 5.33. The molecule has 1 aromatic carbocycles. The number of nitrogens with zero attached hydrogens (tertiary/aromatic N) is 3. The molecule has 0 aliphatic carbocycles. The quantitative estimate of drug-likeness (QED) is 0.388. The Labute approximate surface area is 146 Å². The summed E-state index contributed by atoms with van der Waals surface area (Å²) in [7, 11) is 0. The molecule has 0 radical (unpaired) electrons. The van der Waals surface area contributed by atoms with Gasteiger partial charge in [0.25, 0.3) is 0 Å². The average molecular weight is 365 g/mol. The first-order valence-electron chi connectivity index (χ1n) is 6.70. The Morgan fingerprint density at radius 3 is 2.46 bits per heavy atom. The highest BCUT2D eigenvalue weighted by atomic mass is 35.5. The van der Waals surface area contributed by atoms with Crippen molar-refractivity contribution in [3.8, 4) is 0 Å². The number of azo groups is 1. The molecular formula is C15H13ClN4O3S. The number of hydrogen-bond donors (Lipinski definition) is 2. The molecule has 24 heavy (non-hydrogen) atoms. The molecule has 7 nitrogen and oxygen atoms in total. The van der Waals surface area contributed by atoms with E-state index in [1.54, 1.807) is 49.4 Å². The van der Waals surface area contributed by atoms with Crippen molar-refractivity contribution in [3.05, 3.63) is 74.4 Å². The Bertz CT molecular complexity index is 961. The van der Waals surface area contributed by atoms with Crippen molar-refractivity contribution >= 4 is 35.2 Å². The number of nitrogens with one attached hydrogen (secondary N) is 1. The van der Waals surface area contributed by atoms with E-state index in [0.29, 0.717) is 21.0 Å². The van der Waals surface area contributed by atoms with Crippen LogP contribution in [0.4, 0.5) is 11.4 Å². The van der Waals surface area contributed by atoms with E-state index in [0.717, 1.165) is 4.73 Å². The summed E-state index contributed by atoms with van der Waals surface area (Å²) >= 11 is 10.5. The van der Waals surface area contributed by atoms with Gasteiger partial charge in [0, 0.05) is 6.20 Å². The molecule has 2 aromatic heterocycles. The van der Waals surface area contributed by atoms with Gasteiger partial charge in [0.05, 0.1) is 10.7 Å². The Morgan fingerprint density at radius 1 is 1.21 bits per heavy atom. The highest BCUT2D eigenvalue weighted by Gasteiger charge is 2.06.